The van der Waals surface area contributed by atoms with Crippen molar-refractivity contribution < 1.29 is 23.9 Å². The van der Waals surface area contributed by atoms with E-state index in [-0.39, 0.29) is 25.2 Å². The molecule has 0 fully saturated rings. The number of Topliss-reactive ketones (excluding diaryl/α,β-unsaturated/α-hetero) is 1. The highest BCUT2D eigenvalue weighted by molar-refractivity contribution is 5.89. The van der Waals surface area contributed by atoms with Gasteiger partial charge < -0.3 is 14.8 Å². The summed E-state index contributed by atoms with van der Waals surface area (Å²) in [6.07, 6.45) is 1.15. The van der Waals surface area contributed by atoms with E-state index in [0.717, 1.165) is 18.4 Å². The van der Waals surface area contributed by atoms with Crippen molar-refractivity contribution in [2.24, 2.45) is 0 Å². The van der Waals surface area contributed by atoms with Gasteiger partial charge in [0.2, 0.25) is 0 Å². The Morgan fingerprint density at radius 3 is 2.46 bits per heavy atom. The van der Waals surface area contributed by atoms with Gasteiger partial charge in [0.15, 0.2) is 5.78 Å². The molecule has 0 spiro atoms. The molecule has 24 heavy (non-hydrogen) atoms. The van der Waals surface area contributed by atoms with E-state index in [1.807, 2.05) is 37.3 Å². The summed E-state index contributed by atoms with van der Waals surface area (Å²) in [5.41, 5.74) is 0.862. The fourth-order valence-electron chi connectivity index (χ4n) is 1.87. The Morgan fingerprint density at radius 2 is 1.79 bits per heavy atom. The number of benzene rings is 1. The van der Waals surface area contributed by atoms with Gasteiger partial charge >= 0.3 is 12.1 Å². The maximum absolute atomic E-state index is 11.9. The quantitative estimate of drug-likeness (QED) is 0.525. The van der Waals surface area contributed by atoms with Crippen LogP contribution in [0.15, 0.2) is 30.3 Å². The lowest BCUT2D eigenvalue weighted by Crippen LogP contribution is -2.38. The van der Waals surface area contributed by atoms with Crippen LogP contribution in [0.4, 0.5) is 4.79 Å². The zero-order chi connectivity index (χ0) is 17.8. The lowest BCUT2D eigenvalue weighted by Gasteiger charge is -2.13. The zero-order valence-corrected chi connectivity index (χ0v) is 14.2. The maximum atomic E-state index is 11.9. The lowest BCUT2D eigenvalue weighted by molar-refractivity contribution is -0.145. The molecule has 0 unspecified atom stereocenters. The highest BCUT2D eigenvalue weighted by Crippen LogP contribution is 2.02. The second kappa shape index (κ2) is 11.2. The highest BCUT2D eigenvalue weighted by atomic mass is 16.5. The third-order valence-corrected chi connectivity index (χ3v) is 3.37. The maximum Gasteiger partial charge on any atom is 0.408 e. The number of ketones is 1. The Bertz CT molecular complexity index is 529. The molecule has 132 valence electrons. The lowest BCUT2D eigenvalue weighted by atomic mass is 10.1. The van der Waals surface area contributed by atoms with Gasteiger partial charge in [0.05, 0.1) is 19.1 Å². The predicted octanol–water partition coefficient (Wildman–Crippen LogP) is 2.99. The van der Waals surface area contributed by atoms with Crippen molar-refractivity contribution in [2.75, 3.05) is 6.61 Å². The van der Waals surface area contributed by atoms with Crippen LogP contribution in [-0.2, 0) is 25.7 Å². The number of ether oxygens (including phenoxy) is 2. The standard InChI is InChI=1S/C18H25NO5/c1-3-4-12-23-17(21)11-10-16(20)14(2)19-18(22)24-13-15-8-6-5-7-9-15/h5-9,14H,3-4,10-13H2,1-2H3,(H,19,22)/t14-/m0/s1. The molecule has 1 amide bonds. The first kappa shape index (κ1) is 19.7. The molecular formula is C18H25NO5. The molecule has 0 saturated carbocycles. The Balaban J connectivity index is 2.23. The molecule has 1 rings (SSSR count). The molecule has 0 aromatic heterocycles. The van der Waals surface area contributed by atoms with Crippen molar-refractivity contribution in [3.63, 3.8) is 0 Å². The topological polar surface area (TPSA) is 81.7 Å². The van der Waals surface area contributed by atoms with Crippen LogP contribution in [0.25, 0.3) is 0 Å². The number of alkyl carbamates (subject to hydrolysis) is 1. The molecule has 0 radical (unpaired) electrons. The number of carbonyl (C=O) groups is 3. The van der Waals surface area contributed by atoms with E-state index in [0.29, 0.717) is 6.61 Å². The van der Waals surface area contributed by atoms with Crippen molar-refractivity contribution in [2.45, 2.75) is 52.2 Å². The van der Waals surface area contributed by atoms with Gasteiger partial charge in [0, 0.05) is 6.42 Å². The van der Waals surface area contributed by atoms with Gasteiger partial charge in [-0.25, -0.2) is 4.79 Å². The fraction of sp³-hybridized carbons (Fsp3) is 0.500. The van der Waals surface area contributed by atoms with Crippen molar-refractivity contribution >= 4 is 17.8 Å². The van der Waals surface area contributed by atoms with Crippen LogP contribution in [0.1, 0.15) is 45.1 Å². The Kier molecular flexibility index (Phi) is 9.19. The normalized spacial score (nSPS) is 11.4. The Hall–Kier alpha value is -2.37. The van der Waals surface area contributed by atoms with E-state index < -0.39 is 18.1 Å². The molecule has 0 saturated heterocycles. The summed E-state index contributed by atoms with van der Waals surface area (Å²) < 4.78 is 10.0. The van der Waals surface area contributed by atoms with Crippen LogP contribution in [0.2, 0.25) is 0 Å². The molecule has 0 aliphatic carbocycles. The number of amides is 1. The number of rotatable bonds is 10. The van der Waals surface area contributed by atoms with Gasteiger partial charge in [-0.05, 0) is 18.9 Å². The summed E-state index contributed by atoms with van der Waals surface area (Å²) in [4.78, 5) is 35.0. The van der Waals surface area contributed by atoms with Gasteiger partial charge in [0.25, 0.3) is 0 Å². The van der Waals surface area contributed by atoms with Gasteiger partial charge in [-0.1, -0.05) is 43.7 Å². The first-order chi connectivity index (χ1) is 11.5. The molecule has 1 aromatic rings. The van der Waals surface area contributed by atoms with Crippen LogP contribution in [0.3, 0.4) is 0 Å². The van der Waals surface area contributed by atoms with Gasteiger partial charge in [-0.2, -0.15) is 0 Å². The summed E-state index contributed by atoms with van der Waals surface area (Å²) in [5, 5.41) is 2.46. The highest BCUT2D eigenvalue weighted by Gasteiger charge is 2.17. The first-order valence-electron chi connectivity index (χ1n) is 8.18. The summed E-state index contributed by atoms with van der Waals surface area (Å²) in [7, 11) is 0. The smallest absolute Gasteiger partial charge is 0.408 e. The minimum atomic E-state index is -0.711. The number of unbranched alkanes of at least 4 members (excludes halogenated alkanes) is 1. The second-order valence-electron chi connectivity index (χ2n) is 5.47. The fourth-order valence-corrected chi connectivity index (χ4v) is 1.87. The summed E-state index contributed by atoms with van der Waals surface area (Å²) in [6.45, 7) is 4.08. The van der Waals surface area contributed by atoms with Gasteiger partial charge in [0.1, 0.15) is 6.61 Å². The summed E-state index contributed by atoms with van der Waals surface area (Å²) >= 11 is 0. The number of hydrogen-bond acceptors (Lipinski definition) is 5. The molecule has 1 atom stereocenters. The molecular weight excluding hydrogens is 310 g/mol. The second-order valence-corrected chi connectivity index (χ2v) is 5.47. The number of nitrogens with one attached hydrogen (secondary N) is 1. The predicted molar refractivity (Wildman–Crippen MR) is 89.3 cm³/mol. The summed E-state index contributed by atoms with van der Waals surface area (Å²) in [5.74, 6) is -0.630. The average molecular weight is 335 g/mol. The Morgan fingerprint density at radius 1 is 1.08 bits per heavy atom. The molecule has 1 aromatic carbocycles. The number of carbonyl (C=O) groups excluding carboxylic acids is 3. The third-order valence-electron chi connectivity index (χ3n) is 3.37. The monoisotopic (exact) mass is 335 g/mol. The van der Waals surface area contributed by atoms with Gasteiger partial charge in [-0.3, -0.25) is 9.59 Å². The van der Waals surface area contributed by atoms with Crippen molar-refractivity contribution in [1.29, 1.82) is 0 Å². The molecule has 1 N–H and O–H groups in total. The van der Waals surface area contributed by atoms with E-state index >= 15 is 0 Å². The molecule has 6 nitrogen and oxygen atoms in total. The molecule has 0 heterocycles. The van der Waals surface area contributed by atoms with Crippen molar-refractivity contribution in [3.8, 4) is 0 Å². The minimum Gasteiger partial charge on any atom is -0.466 e. The molecule has 0 bridgehead atoms. The molecule has 0 aliphatic rings. The van der Waals surface area contributed by atoms with E-state index in [2.05, 4.69) is 5.32 Å². The number of hydrogen-bond donors (Lipinski definition) is 1. The molecule has 6 heteroatoms. The largest absolute Gasteiger partial charge is 0.466 e. The first-order valence-corrected chi connectivity index (χ1v) is 8.18. The average Bonchev–Trinajstić information content (AvgIpc) is 2.59. The van der Waals surface area contributed by atoms with E-state index in [1.165, 1.54) is 0 Å². The van der Waals surface area contributed by atoms with E-state index in [4.69, 9.17) is 9.47 Å². The van der Waals surface area contributed by atoms with E-state index in [1.54, 1.807) is 6.92 Å². The van der Waals surface area contributed by atoms with Crippen LogP contribution >= 0.6 is 0 Å². The van der Waals surface area contributed by atoms with Crippen LogP contribution < -0.4 is 5.32 Å². The third kappa shape index (κ3) is 8.31. The zero-order valence-electron chi connectivity index (χ0n) is 14.2. The van der Waals surface area contributed by atoms with Crippen LogP contribution in [-0.4, -0.2) is 30.5 Å². The summed E-state index contributed by atoms with van der Waals surface area (Å²) in [6, 6.07) is 8.54. The van der Waals surface area contributed by atoms with Gasteiger partial charge in [-0.15, -0.1) is 0 Å². The van der Waals surface area contributed by atoms with Crippen LogP contribution in [0, 0.1) is 0 Å². The van der Waals surface area contributed by atoms with Crippen molar-refractivity contribution in [1.82, 2.24) is 5.32 Å². The Labute approximate surface area is 142 Å². The van der Waals surface area contributed by atoms with Crippen LogP contribution in [0.5, 0.6) is 0 Å². The SMILES string of the molecule is CCCCOC(=O)CCC(=O)[C@H](C)NC(=O)OCc1ccccc1. The minimum absolute atomic E-state index is 0.0215. The van der Waals surface area contributed by atoms with E-state index in [9.17, 15) is 14.4 Å². The molecule has 0 aliphatic heterocycles. The number of esters is 1. The van der Waals surface area contributed by atoms with Crippen molar-refractivity contribution in [3.05, 3.63) is 35.9 Å².